The Morgan fingerprint density at radius 2 is 1.79 bits per heavy atom. The van der Waals surface area contributed by atoms with Crippen LogP contribution in [0.15, 0.2) is 47.5 Å². The Morgan fingerprint density at radius 1 is 1.03 bits per heavy atom. The predicted octanol–water partition coefficient (Wildman–Crippen LogP) is 4.46. The predicted molar refractivity (Wildman–Crippen MR) is 143 cm³/mol. The molecule has 0 spiro atoms. The quantitative estimate of drug-likeness (QED) is 0.160. The Hall–Kier alpha value is -2.53. The van der Waals surface area contributed by atoms with Gasteiger partial charge in [0.05, 0.1) is 20.3 Å². The summed E-state index contributed by atoms with van der Waals surface area (Å²) in [5.74, 6) is 1.59. The number of carbonyl (C=O) groups excluding carboxylic acids is 1. The van der Waals surface area contributed by atoms with Gasteiger partial charge in [0.1, 0.15) is 5.75 Å². The van der Waals surface area contributed by atoms with Crippen molar-refractivity contribution in [2.45, 2.75) is 33.4 Å². The third-order valence-electron chi connectivity index (χ3n) is 4.57. The van der Waals surface area contributed by atoms with E-state index in [0.29, 0.717) is 32.0 Å². The first-order chi connectivity index (χ1) is 15.5. The molecule has 0 bridgehead atoms. The second-order valence-electron chi connectivity index (χ2n) is 7.17. The van der Waals surface area contributed by atoms with Crippen molar-refractivity contribution in [2.75, 3.05) is 39.3 Å². The summed E-state index contributed by atoms with van der Waals surface area (Å²) in [6.45, 7) is 7.21. The lowest BCUT2D eigenvalue weighted by atomic mass is 10.1. The number of hydrogen-bond acceptors (Lipinski definition) is 5. The lowest BCUT2D eigenvalue weighted by Gasteiger charge is -2.15. The molecular formula is C24H35IN4O4. The first-order valence-electron chi connectivity index (χ1n) is 10.7. The lowest BCUT2D eigenvalue weighted by molar-refractivity contribution is 0.171. The smallest absolute Gasteiger partial charge is 0.411 e. The minimum absolute atomic E-state index is 0. The van der Waals surface area contributed by atoms with E-state index in [1.54, 1.807) is 7.11 Å². The van der Waals surface area contributed by atoms with E-state index in [9.17, 15) is 4.79 Å². The number of nitrogens with zero attached hydrogens (tertiary/aromatic N) is 1. The number of benzene rings is 2. The number of amides is 1. The van der Waals surface area contributed by atoms with Crippen LogP contribution in [0.4, 0.5) is 10.5 Å². The number of rotatable bonds is 11. The van der Waals surface area contributed by atoms with Crippen molar-refractivity contribution in [2.24, 2.45) is 4.99 Å². The van der Waals surface area contributed by atoms with Crippen molar-refractivity contribution in [3.05, 3.63) is 59.2 Å². The van der Waals surface area contributed by atoms with Gasteiger partial charge < -0.3 is 24.8 Å². The second kappa shape index (κ2) is 16.1. The van der Waals surface area contributed by atoms with Gasteiger partial charge in [-0.3, -0.25) is 5.32 Å². The first kappa shape index (κ1) is 28.5. The zero-order valence-electron chi connectivity index (χ0n) is 19.8. The van der Waals surface area contributed by atoms with E-state index in [1.807, 2.05) is 31.2 Å². The third-order valence-corrected chi connectivity index (χ3v) is 4.57. The maximum atomic E-state index is 11.3. The highest BCUT2D eigenvalue weighted by atomic mass is 127. The summed E-state index contributed by atoms with van der Waals surface area (Å²) in [5.41, 5.74) is 3.92. The Morgan fingerprint density at radius 3 is 2.45 bits per heavy atom. The highest BCUT2D eigenvalue weighted by Crippen LogP contribution is 2.20. The van der Waals surface area contributed by atoms with Gasteiger partial charge in [-0.2, -0.15) is 0 Å². The van der Waals surface area contributed by atoms with E-state index in [1.165, 1.54) is 7.11 Å². The number of carbonyl (C=O) groups is 1. The average Bonchev–Trinajstić information content (AvgIpc) is 2.80. The molecule has 0 fully saturated rings. The van der Waals surface area contributed by atoms with Gasteiger partial charge in [0, 0.05) is 44.5 Å². The fourth-order valence-electron chi connectivity index (χ4n) is 2.88. The van der Waals surface area contributed by atoms with E-state index >= 15 is 0 Å². The molecule has 182 valence electrons. The summed E-state index contributed by atoms with van der Waals surface area (Å²) in [4.78, 5) is 16.0. The molecule has 1 amide bonds. The highest BCUT2D eigenvalue weighted by molar-refractivity contribution is 14.0. The Labute approximate surface area is 213 Å². The van der Waals surface area contributed by atoms with Crippen LogP contribution in [0.2, 0.25) is 0 Å². The van der Waals surface area contributed by atoms with Crippen molar-refractivity contribution < 1.29 is 19.0 Å². The zero-order valence-corrected chi connectivity index (χ0v) is 22.1. The summed E-state index contributed by atoms with van der Waals surface area (Å²) in [7, 11) is 3.03. The standard InChI is InChI=1S/C24H34N4O4.HI/c1-5-25-23(26-16-19-8-11-21(12-9-19)28-24(29)31-4)27-17-20-10-7-18(2)15-22(20)32-14-6-13-30-3;/h7-12,15H,5-6,13-14,16-17H2,1-4H3,(H,28,29)(H2,25,26,27);1H. The molecular weight excluding hydrogens is 535 g/mol. The van der Waals surface area contributed by atoms with Gasteiger partial charge in [-0.15, -0.1) is 24.0 Å². The molecule has 0 aliphatic heterocycles. The molecule has 8 nitrogen and oxygen atoms in total. The number of methoxy groups -OCH3 is 2. The van der Waals surface area contributed by atoms with Crippen LogP contribution in [-0.2, 0) is 22.6 Å². The van der Waals surface area contributed by atoms with Crippen molar-refractivity contribution in [3.8, 4) is 5.75 Å². The Kier molecular flexibility index (Phi) is 13.9. The SMILES string of the molecule is CCNC(=NCc1ccc(NC(=O)OC)cc1)NCc1ccc(C)cc1OCCCOC.I. The van der Waals surface area contributed by atoms with Gasteiger partial charge in [0.25, 0.3) is 0 Å². The molecule has 2 aromatic carbocycles. The second-order valence-corrected chi connectivity index (χ2v) is 7.17. The minimum Gasteiger partial charge on any atom is -0.493 e. The van der Waals surface area contributed by atoms with Crippen molar-refractivity contribution in [3.63, 3.8) is 0 Å². The number of halogens is 1. The largest absolute Gasteiger partial charge is 0.493 e. The molecule has 2 rings (SSSR count). The summed E-state index contributed by atoms with van der Waals surface area (Å²) >= 11 is 0. The molecule has 2 aromatic rings. The van der Waals surface area contributed by atoms with Gasteiger partial charge in [-0.1, -0.05) is 24.3 Å². The Bertz CT molecular complexity index is 875. The van der Waals surface area contributed by atoms with Crippen LogP contribution < -0.4 is 20.7 Å². The van der Waals surface area contributed by atoms with Crippen LogP contribution in [0, 0.1) is 6.92 Å². The van der Waals surface area contributed by atoms with Crippen LogP contribution in [-0.4, -0.2) is 46.0 Å². The number of guanidine groups is 1. The van der Waals surface area contributed by atoms with E-state index in [0.717, 1.165) is 41.4 Å². The Balaban J connectivity index is 0.00000544. The van der Waals surface area contributed by atoms with Crippen LogP contribution in [0.5, 0.6) is 5.75 Å². The van der Waals surface area contributed by atoms with Gasteiger partial charge in [0.15, 0.2) is 5.96 Å². The summed E-state index contributed by atoms with van der Waals surface area (Å²) in [5, 5.41) is 9.27. The topological polar surface area (TPSA) is 93.2 Å². The number of anilines is 1. The van der Waals surface area contributed by atoms with Crippen LogP contribution >= 0.6 is 24.0 Å². The molecule has 0 radical (unpaired) electrons. The number of aliphatic imine (C=N–C) groups is 1. The van der Waals surface area contributed by atoms with E-state index < -0.39 is 6.09 Å². The molecule has 0 heterocycles. The molecule has 3 N–H and O–H groups in total. The molecule has 0 aromatic heterocycles. The molecule has 33 heavy (non-hydrogen) atoms. The average molecular weight is 570 g/mol. The fraction of sp³-hybridized carbons (Fsp3) is 0.417. The molecule has 0 aliphatic rings. The number of hydrogen-bond donors (Lipinski definition) is 3. The lowest BCUT2D eigenvalue weighted by Crippen LogP contribution is -2.36. The molecule has 0 atom stereocenters. The fourth-order valence-corrected chi connectivity index (χ4v) is 2.88. The van der Waals surface area contributed by atoms with Gasteiger partial charge in [-0.05, 0) is 43.2 Å². The maximum Gasteiger partial charge on any atom is 0.411 e. The summed E-state index contributed by atoms with van der Waals surface area (Å²) in [6, 6.07) is 13.7. The summed E-state index contributed by atoms with van der Waals surface area (Å²) in [6.07, 6.45) is 0.350. The van der Waals surface area contributed by atoms with Gasteiger partial charge in [0.2, 0.25) is 0 Å². The summed E-state index contributed by atoms with van der Waals surface area (Å²) < 4.78 is 15.7. The molecule has 0 saturated carbocycles. The van der Waals surface area contributed by atoms with E-state index in [2.05, 4.69) is 50.8 Å². The van der Waals surface area contributed by atoms with E-state index in [4.69, 9.17) is 9.47 Å². The maximum absolute atomic E-state index is 11.3. The molecule has 0 saturated heterocycles. The molecule has 0 aliphatic carbocycles. The molecule has 9 heteroatoms. The third kappa shape index (κ3) is 10.8. The monoisotopic (exact) mass is 570 g/mol. The van der Waals surface area contributed by atoms with Crippen LogP contribution in [0.25, 0.3) is 0 Å². The van der Waals surface area contributed by atoms with Crippen molar-refractivity contribution >= 4 is 41.7 Å². The van der Waals surface area contributed by atoms with Gasteiger partial charge in [-0.25, -0.2) is 9.79 Å². The van der Waals surface area contributed by atoms with E-state index in [-0.39, 0.29) is 24.0 Å². The van der Waals surface area contributed by atoms with Crippen molar-refractivity contribution in [1.29, 1.82) is 0 Å². The van der Waals surface area contributed by atoms with Crippen LogP contribution in [0.3, 0.4) is 0 Å². The minimum atomic E-state index is -0.493. The van der Waals surface area contributed by atoms with Crippen molar-refractivity contribution in [1.82, 2.24) is 10.6 Å². The molecule has 0 unspecified atom stereocenters. The van der Waals surface area contributed by atoms with Crippen LogP contribution in [0.1, 0.15) is 30.0 Å². The highest BCUT2D eigenvalue weighted by Gasteiger charge is 2.07. The van der Waals surface area contributed by atoms with Gasteiger partial charge >= 0.3 is 6.09 Å². The number of ether oxygens (including phenoxy) is 3. The number of nitrogens with one attached hydrogen (secondary N) is 3. The normalized spacial score (nSPS) is 10.7. The zero-order chi connectivity index (χ0) is 23.2. The number of aryl methyl sites for hydroxylation is 1. The first-order valence-corrected chi connectivity index (χ1v) is 10.7.